The molecular weight excluding hydrogens is 284 g/mol. The van der Waals surface area contributed by atoms with E-state index in [0.717, 1.165) is 38.2 Å². The molecular formula is C17H23ClN2O. The van der Waals surface area contributed by atoms with Crippen LogP contribution in [0.5, 0.6) is 0 Å². The molecule has 0 aliphatic carbocycles. The second-order valence-electron chi connectivity index (χ2n) is 5.33. The van der Waals surface area contributed by atoms with Gasteiger partial charge in [-0.25, -0.2) is 0 Å². The number of carbonyl (C=O) groups excluding carboxylic acids is 1. The van der Waals surface area contributed by atoms with Gasteiger partial charge in [0.05, 0.1) is 0 Å². The van der Waals surface area contributed by atoms with Gasteiger partial charge >= 0.3 is 0 Å². The molecule has 0 bridgehead atoms. The van der Waals surface area contributed by atoms with Crippen LogP contribution in [0.1, 0.15) is 25.8 Å². The number of likely N-dealkylation sites (N-methyl/N-ethyl adjacent to an activating group) is 1. The predicted octanol–water partition coefficient (Wildman–Crippen LogP) is 3.30. The van der Waals surface area contributed by atoms with Gasteiger partial charge in [0.15, 0.2) is 0 Å². The molecule has 21 heavy (non-hydrogen) atoms. The van der Waals surface area contributed by atoms with Crippen LogP contribution in [0, 0.1) is 0 Å². The standard InChI is InChI=1S/C17H23ClN2O/c1-3-19(4-2)16-11-12-20(13-16)17(21)10-7-14-5-8-15(18)9-6-14/h5-10,16H,3-4,11-13H2,1-2H3/b10-7+. The molecule has 1 fully saturated rings. The first-order valence-electron chi connectivity index (χ1n) is 7.60. The monoisotopic (exact) mass is 306 g/mol. The summed E-state index contributed by atoms with van der Waals surface area (Å²) < 4.78 is 0. The van der Waals surface area contributed by atoms with Crippen molar-refractivity contribution in [2.24, 2.45) is 0 Å². The van der Waals surface area contributed by atoms with Crippen molar-refractivity contribution in [3.05, 3.63) is 40.9 Å². The fourth-order valence-corrected chi connectivity index (χ4v) is 2.95. The van der Waals surface area contributed by atoms with Crippen molar-refractivity contribution in [1.82, 2.24) is 9.80 Å². The molecule has 1 aliphatic rings. The van der Waals surface area contributed by atoms with Crippen LogP contribution < -0.4 is 0 Å². The van der Waals surface area contributed by atoms with E-state index in [1.54, 1.807) is 6.08 Å². The van der Waals surface area contributed by atoms with Crippen molar-refractivity contribution < 1.29 is 4.79 Å². The summed E-state index contributed by atoms with van der Waals surface area (Å²) in [5, 5.41) is 0.708. The smallest absolute Gasteiger partial charge is 0.246 e. The molecule has 0 saturated carbocycles. The molecule has 0 N–H and O–H groups in total. The fraction of sp³-hybridized carbons (Fsp3) is 0.471. The Morgan fingerprint density at radius 1 is 1.33 bits per heavy atom. The minimum absolute atomic E-state index is 0.0969. The van der Waals surface area contributed by atoms with E-state index in [4.69, 9.17) is 11.6 Å². The van der Waals surface area contributed by atoms with E-state index >= 15 is 0 Å². The van der Waals surface area contributed by atoms with Crippen molar-refractivity contribution in [1.29, 1.82) is 0 Å². The van der Waals surface area contributed by atoms with Crippen LogP contribution in [-0.2, 0) is 4.79 Å². The van der Waals surface area contributed by atoms with Gasteiger partial charge in [-0.05, 0) is 43.3 Å². The lowest BCUT2D eigenvalue weighted by atomic mass is 10.2. The van der Waals surface area contributed by atoms with Crippen LogP contribution in [0.3, 0.4) is 0 Å². The van der Waals surface area contributed by atoms with Gasteiger partial charge < -0.3 is 4.90 Å². The van der Waals surface area contributed by atoms with Gasteiger partial charge in [0.25, 0.3) is 0 Å². The molecule has 1 saturated heterocycles. The van der Waals surface area contributed by atoms with Gasteiger partial charge in [-0.2, -0.15) is 0 Å². The van der Waals surface area contributed by atoms with Crippen LogP contribution >= 0.6 is 11.6 Å². The van der Waals surface area contributed by atoms with Crippen molar-refractivity contribution >= 4 is 23.6 Å². The SMILES string of the molecule is CCN(CC)C1CCN(C(=O)/C=C/c2ccc(Cl)cc2)C1. The topological polar surface area (TPSA) is 23.6 Å². The van der Waals surface area contributed by atoms with E-state index < -0.39 is 0 Å². The Labute approximate surface area is 132 Å². The second-order valence-corrected chi connectivity index (χ2v) is 5.77. The molecule has 3 nitrogen and oxygen atoms in total. The zero-order chi connectivity index (χ0) is 15.2. The maximum atomic E-state index is 12.2. The maximum absolute atomic E-state index is 12.2. The second kappa shape index (κ2) is 7.62. The molecule has 2 rings (SSSR count). The van der Waals surface area contributed by atoms with E-state index in [-0.39, 0.29) is 5.91 Å². The third kappa shape index (κ3) is 4.32. The van der Waals surface area contributed by atoms with Crippen LogP contribution in [0.15, 0.2) is 30.3 Å². The highest BCUT2D eigenvalue weighted by atomic mass is 35.5. The molecule has 1 aliphatic heterocycles. The van der Waals surface area contributed by atoms with E-state index in [2.05, 4.69) is 18.7 Å². The lowest BCUT2D eigenvalue weighted by Crippen LogP contribution is -2.38. The molecule has 114 valence electrons. The number of nitrogens with zero attached hydrogens (tertiary/aromatic N) is 2. The zero-order valence-corrected chi connectivity index (χ0v) is 13.5. The molecule has 1 heterocycles. The Hall–Kier alpha value is -1.32. The number of amides is 1. The summed E-state index contributed by atoms with van der Waals surface area (Å²) in [7, 11) is 0. The minimum Gasteiger partial charge on any atom is -0.338 e. The van der Waals surface area contributed by atoms with Crippen molar-refractivity contribution in [2.45, 2.75) is 26.3 Å². The van der Waals surface area contributed by atoms with Crippen LogP contribution in [0.2, 0.25) is 5.02 Å². The van der Waals surface area contributed by atoms with Gasteiger partial charge in [-0.3, -0.25) is 9.69 Å². The summed E-state index contributed by atoms with van der Waals surface area (Å²) in [6, 6.07) is 7.99. The Morgan fingerprint density at radius 3 is 2.62 bits per heavy atom. The zero-order valence-electron chi connectivity index (χ0n) is 12.8. The van der Waals surface area contributed by atoms with Gasteiger partial charge in [0.2, 0.25) is 5.91 Å². The van der Waals surface area contributed by atoms with E-state index in [9.17, 15) is 4.79 Å². The molecule has 0 radical (unpaired) electrons. The summed E-state index contributed by atoms with van der Waals surface area (Å²) in [5.74, 6) is 0.0969. The number of hydrogen-bond donors (Lipinski definition) is 0. The number of rotatable bonds is 5. The van der Waals surface area contributed by atoms with Crippen molar-refractivity contribution in [2.75, 3.05) is 26.2 Å². The predicted molar refractivity (Wildman–Crippen MR) is 88.4 cm³/mol. The highest BCUT2D eigenvalue weighted by Gasteiger charge is 2.27. The number of hydrogen-bond acceptors (Lipinski definition) is 2. The molecule has 1 atom stereocenters. The first-order chi connectivity index (χ1) is 10.1. The molecule has 4 heteroatoms. The normalized spacial score (nSPS) is 18.9. The molecule has 1 aromatic rings. The van der Waals surface area contributed by atoms with Gasteiger partial charge in [-0.1, -0.05) is 37.6 Å². The number of halogens is 1. The lowest BCUT2D eigenvalue weighted by Gasteiger charge is -2.25. The van der Waals surface area contributed by atoms with E-state index in [0.29, 0.717) is 11.1 Å². The first-order valence-corrected chi connectivity index (χ1v) is 7.98. The summed E-state index contributed by atoms with van der Waals surface area (Å²) in [6.07, 6.45) is 4.58. The van der Waals surface area contributed by atoms with Crippen molar-refractivity contribution in [3.8, 4) is 0 Å². The van der Waals surface area contributed by atoms with Crippen molar-refractivity contribution in [3.63, 3.8) is 0 Å². The third-order valence-corrected chi connectivity index (χ3v) is 4.34. The molecule has 1 unspecified atom stereocenters. The largest absolute Gasteiger partial charge is 0.338 e. The highest BCUT2D eigenvalue weighted by molar-refractivity contribution is 6.30. The average Bonchev–Trinajstić information content (AvgIpc) is 2.97. The average molecular weight is 307 g/mol. The first kappa shape index (κ1) is 16.1. The summed E-state index contributed by atoms with van der Waals surface area (Å²) >= 11 is 5.85. The van der Waals surface area contributed by atoms with Gasteiger partial charge in [0, 0.05) is 30.2 Å². The van der Waals surface area contributed by atoms with Crippen LogP contribution in [0.4, 0.5) is 0 Å². The van der Waals surface area contributed by atoms with E-state index in [1.165, 1.54) is 0 Å². The fourth-order valence-electron chi connectivity index (χ4n) is 2.83. The third-order valence-electron chi connectivity index (χ3n) is 4.09. The Kier molecular flexibility index (Phi) is 5.83. The minimum atomic E-state index is 0.0969. The molecule has 1 amide bonds. The molecule has 0 spiro atoms. The van der Waals surface area contributed by atoms with Gasteiger partial charge in [0.1, 0.15) is 0 Å². The maximum Gasteiger partial charge on any atom is 0.246 e. The summed E-state index contributed by atoms with van der Waals surface area (Å²) in [4.78, 5) is 16.6. The van der Waals surface area contributed by atoms with Crippen LogP contribution in [-0.4, -0.2) is 47.9 Å². The quantitative estimate of drug-likeness (QED) is 0.779. The lowest BCUT2D eigenvalue weighted by molar-refractivity contribution is -0.125. The highest BCUT2D eigenvalue weighted by Crippen LogP contribution is 2.16. The number of carbonyl (C=O) groups is 1. The number of likely N-dealkylation sites (tertiary alicyclic amines) is 1. The molecule has 1 aromatic carbocycles. The van der Waals surface area contributed by atoms with Crippen LogP contribution in [0.25, 0.3) is 6.08 Å². The Morgan fingerprint density at radius 2 is 2.00 bits per heavy atom. The Balaban J connectivity index is 1.91. The van der Waals surface area contributed by atoms with Gasteiger partial charge in [-0.15, -0.1) is 0 Å². The summed E-state index contributed by atoms with van der Waals surface area (Å²) in [6.45, 7) is 8.13. The van der Waals surface area contributed by atoms with E-state index in [1.807, 2.05) is 35.2 Å². The molecule has 0 aromatic heterocycles. The number of benzene rings is 1. The summed E-state index contributed by atoms with van der Waals surface area (Å²) in [5.41, 5.74) is 0.993. The Bertz CT molecular complexity index is 494.